The lowest BCUT2D eigenvalue weighted by Gasteiger charge is -2.34. The van der Waals surface area contributed by atoms with Crippen molar-refractivity contribution in [1.29, 1.82) is 0 Å². The van der Waals surface area contributed by atoms with E-state index in [0.29, 0.717) is 25.7 Å². The van der Waals surface area contributed by atoms with Crippen molar-refractivity contribution in [1.82, 2.24) is 15.2 Å². The summed E-state index contributed by atoms with van der Waals surface area (Å²) in [6.45, 7) is 5.08. The normalized spacial score (nSPS) is 26.1. The Morgan fingerprint density at radius 3 is 2.47 bits per heavy atom. The van der Waals surface area contributed by atoms with Gasteiger partial charge in [-0.1, -0.05) is 45.7 Å². The first-order valence-corrected chi connectivity index (χ1v) is 16.9. The van der Waals surface area contributed by atoms with Crippen LogP contribution in [0.3, 0.4) is 0 Å². The average Bonchev–Trinajstić information content (AvgIpc) is 3.57. The van der Waals surface area contributed by atoms with Gasteiger partial charge in [0.05, 0.1) is 24.7 Å². The Morgan fingerprint density at radius 1 is 1.06 bits per heavy atom. The molecule has 12 nitrogen and oxygen atoms in total. The van der Waals surface area contributed by atoms with E-state index in [4.69, 9.17) is 18.4 Å². The maximum Gasteiger partial charge on any atom is 0.534 e. The fourth-order valence-corrected chi connectivity index (χ4v) is 6.57. The SMILES string of the molecule is COC(=O)[C@@H]1C[C@@H]2CN1C(=O)[C@H](C(C)(C)C)NC(=O)O[C@@H]1CC1CCCCCc1c(nc3ccccc3c1OS(=O)(=O)C(F)(F)F)O2. The molecule has 0 radical (unpaired) electrons. The van der Waals surface area contributed by atoms with Crippen molar-refractivity contribution in [3.63, 3.8) is 0 Å². The highest BCUT2D eigenvalue weighted by Gasteiger charge is 2.50. The number of esters is 1. The van der Waals surface area contributed by atoms with Gasteiger partial charge in [-0.15, -0.1) is 0 Å². The predicted molar refractivity (Wildman–Crippen MR) is 161 cm³/mol. The third-order valence-electron chi connectivity index (χ3n) is 8.67. The number of rotatable bonds is 3. The number of halogens is 3. The van der Waals surface area contributed by atoms with Gasteiger partial charge in [0.15, 0.2) is 5.75 Å². The number of alkyl halides is 3. The molecule has 1 saturated heterocycles. The molecule has 1 unspecified atom stereocenters. The molecular formula is C31H38F3N3O9S. The minimum atomic E-state index is -6.07. The van der Waals surface area contributed by atoms with Crippen molar-refractivity contribution in [2.24, 2.45) is 11.3 Å². The number of nitrogens with one attached hydrogen (secondary N) is 1. The van der Waals surface area contributed by atoms with Crippen LogP contribution in [0.5, 0.6) is 11.6 Å². The zero-order valence-electron chi connectivity index (χ0n) is 26.5. The largest absolute Gasteiger partial charge is 0.534 e. The van der Waals surface area contributed by atoms with Crippen LogP contribution < -0.4 is 14.2 Å². The van der Waals surface area contributed by atoms with E-state index in [1.54, 1.807) is 26.8 Å². The van der Waals surface area contributed by atoms with Crippen molar-refractivity contribution in [2.75, 3.05) is 13.7 Å². The number of alkyl carbamates (subject to hydrolysis) is 1. The highest BCUT2D eigenvalue weighted by atomic mass is 32.2. The number of methoxy groups -OCH3 is 1. The van der Waals surface area contributed by atoms with Crippen LogP contribution in [-0.4, -0.2) is 79.7 Å². The maximum atomic E-state index is 14.0. The Hall–Kier alpha value is -3.82. The Bertz CT molecular complexity index is 1640. The minimum absolute atomic E-state index is 0.0181. The summed E-state index contributed by atoms with van der Waals surface area (Å²) in [5, 5.41) is 2.73. The van der Waals surface area contributed by atoms with E-state index in [0.717, 1.165) is 13.5 Å². The lowest BCUT2D eigenvalue weighted by Crippen LogP contribution is -2.57. The van der Waals surface area contributed by atoms with Crippen molar-refractivity contribution in [3.8, 4) is 11.6 Å². The van der Waals surface area contributed by atoms with Gasteiger partial charge in [-0.3, -0.25) is 4.79 Å². The van der Waals surface area contributed by atoms with Crippen LogP contribution >= 0.6 is 0 Å². The summed E-state index contributed by atoms with van der Waals surface area (Å²) in [6, 6.07) is 3.76. The Balaban J connectivity index is 1.58. The Labute approximate surface area is 270 Å². The van der Waals surface area contributed by atoms with E-state index in [9.17, 15) is 36.0 Å². The van der Waals surface area contributed by atoms with Crippen LogP contribution in [0.1, 0.15) is 64.9 Å². The number of ether oxygens (including phenoxy) is 3. The van der Waals surface area contributed by atoms with Gasteiger partial charge in [0.2, 0.25) is 11.8 Å². The van der Waals surface area contributed by atoms with Crippen molar-refractivity contribution in [3.05, 3.63) is 29.8 Å². The summed E-state index contributed by atoms with van der Waals surface area (Å²) >= 11 is 0. The molecule has 2 aliphatic heterocycles. The summed E-state index contributed by atoms with van der Waals surface area (Å²) in [4.78, 5) is 45.6. The number of carbonyl (C=O) groups excluding carboxylic acids is 3. The van der Waals surface area contributed by atoms with Gasteiger partial charge in [-0.2, -0.15) is 21.6 Å². The Kier molecular flexibility index (Phi) is 9.55. The third-order valence-corrected chi connectivity index (χ3v) is 9.62. The molecule has 3 heterocycles. The molecule has 2 bridgehead atoms. The molecule has 258 valence electrons. The molecule has 2 amide bonds. The predicted octanol–water partition coefficient (Wildman–Crippen LogP) is 4.63. The van der Waals surface area contributed by atoms with Gasteiger partial charge < -0.3 is 28.6 Å². The van der Waals surface area contributed by atoms with Gasteiger partial charge >= 0.3 is 27.7 Å². The number of fused-ring (bicyclic) bond motifs is 5. The standard InChI is InChI=1S/C31H38F3N3O9S/c1-30(2,3)25-27(38)37-16-18(15-22(37)28(39)43-4)44-26-20(12-7-5-6-10-17-14-23(17)45-29(40)36-25)24(46-47(41,42)31(32,33)34)19-11-8-9-13-21(19)35-26/h8-9,11,13,17-18,22-23,25H,5-7,10,12,14-16H2,1-4H3,(H,36,40)/t17?,18-,22+,23-,25-/m1/s1. The fraction of sp³-hybridized carbons (Fsp3) is 0.613. The molecule has 2 fully saturated rings. The molecule has 2 aromatic rings. The highest BCUT2D eigenvalue weighted by molar-refractivity contribution is 7.88. The molecule has 5 rings (SSSR count). The second-order valence-corrected chi connectivity index (χ2v) is 14.8. The summed E-state index contributed by atoms with van der Waals surface area (Å²) in [5.41, 5.74) is -6.36. The van der Waals surface area contributed by atoms with Gasteiger partial charge in [0, 0.05) is 11.8 Å². The van der Waals surface area contributed by atoms with E-state index in [2.05, 4.69) is 10.3 Å². The lowest BCUT2D eigenvalue weighted by atomic mass is 9.85. The maximum absolute atomic E-state index is 14.0. The van der Waals surface area contributed by atoms with E-state index in [-0.39, 0.29) is 53.8 Å². The van der Waals surface area contributed by atoms with Crippen molar-refractivity contribution >= 4 is 39.0 Å². The van der Waals surface area contributed by atoms with E-state index in [1.165, 1.54) is 23.1 Å². The van der Waals surface area contributed by atoms with E-state index in [1.807, 2.05) is 0 Å². The molecule has 16 heteroatoms. The zero-order chi connectivity index (χ0) is 34.3. The number of nitrogens with zero attached hydrogens (tertiary/aromatic N) is 2. The molecule has 5 atom stereocenters. The van der Waals surface area contributed by atoms with Crippen molar-refractivity contribution < 1.29 is 54.4 Å². The Morgan fingerprint density at radius 2 is 1.79 bits per heavy atom. The van der Waals surface area contributed by atoms with Crippen molar-refractivity contribution in [2.45, 2.75) is 95.5 Å². The van der Waals surface area contributed by atoms with Crippen LogP contribution in [-0.2, 0) is 35.6 Å². The molecule has 0 spiro atoms. The van der Waals surface area contributed by atoms with Crippen LogP contribution in [0, 0.1) is 11.3 Å². The molecule has 1 aromatic carbocycles. The smallest absolute Gasteiger partial charge is 0.472 e. The molecule has 1 saturated carbocycles. The molecule has 1 aliphatic carbocycles. The number of para-hydroxylation sites is 1. The quantitative estimate of drug-likeness (QED) is 0.275. The average molecular weight is 686 g/mol. The summed E-state index contributed by atoms with van der Waals surface area (Å²) in [6.07, 6.45) is 1.14. The first kappa shape index (κ1) is 34.5. The van der Waals surface area contributed by atoms with Gasteiger partial charge in [-0.05, 0) is 49.1 Å². The second-order valence-electron chi connectivity index (χ2n) is 13.2. The molecule has 3 aliphatic rings. The number of pyridine rings is 1. The van der Waals surface area contributed by atoms with Crippen LogP contribution in [0.15, 0.2) is 24.3 Å². The highest BCUT2D eigenvalue weighted by Crippen LogP contribution is 2.42. The third kappa shape index (κ3) is 7.52. The van der Waals surface area contributed by atoms with E-state index < -0.39 is 62.9 Å². The molecule has 1 N–H and O–H groups in total. The topological polar surface area (TPSA) is 150 Å². The monoisotopic (exact) mass is 685 g/mol. The minimum Gasteiger partial charge on any atom is -0.472 e. The van der Waals surface area contributed by atoms with Gasteiger partial charge in [-0.25, -0.2) is 14.6 Å². The number of amides is 2. The number of hydrogen-bond donors (Lipinski definition) is 1. The molecule has 1 aromatic heterocycles. The summed E-state index contributed by atoms with van der Waals surface area (Å²) in [7, 11) is -4.90. The second kappa shape index (κ2) is 13.0. The summed E-state index contributed by atoms with van der Waals surface area (Å²) < 4.78 is 86.8. The lowest BCUT2D eigenvalue weighted by molar-refractivity contribution is -0.152. The molecular weight excluding hydrogens is 647 g/mol. The number of carbonyl (C=O) groups is 3. The zero-order valence-corrected chi connectivity index (χ0v) is 27.3. The van der Waals surface area contributed by atoms with Gasteiger partial charge in [0.1, 0.15) is 24.3 Å². The van der Waals surface area contributed by atoms with Crippen LogP contribution in [0.4, 0.5) is 18.0 Å². The number of aromatic nitrogens is 1. The number of hydrogen-bond acceptors (Lipinski definition) is 10. The number of benzene rings is 1. The summed E-state index contributed by atoms with van der Waals surface area (Å²) in [5.74, 6) is -1.92. The van der Waals surface area contributed by atoms with Gasteiger partial charge in [0.25, 0.3) is 0 Å². The fourth-order valence-electron chi connectivity index (χ4n) is 6.07. The molecule has 47 heavy (non-hydrogen) atoms. The van der Waals surface area contributed by atoms with E-state index >= 15 is 0 Å². The van der Waals surface area contributed by atoms with Crippen LogP contribution in [0.25, 0.3) is 10.9 Å². The first-order valence-electron chi connectivity index (χ1n) is 15.4. The first-order chi connectivity index (χ1) is 22.0. The van der Waals surface area contributed by atoms with Crippen LogP contribution in [0.2, 0.25) is 0 Å².